The van der Waals surface area contributed by atoms with E-state index in [1.54, 1.807) is 13.3 Å². The quantitative estimate of drug-likeness (QED) is 0.719. The molecule has 11 heavy (non-hydrogen) atoms. The minimum Gasteiger partial charge on any atom is -0.495 e. The second kappa shape index (κ2) is 3.22. The van der Waals surface area contributed by atoms with Crippen molar-refractivity contribution in [3.63, 3.8) is 0 Å². The van der Waals surface area contributed by atoms with E-state index in [2.05, 4.69) is 20.9 Å². The van der Waals surface area contributed by atoms with Gasteiger partial charge in [0.1, 0.15) is 5.75 Å². The maximum absolute atomic E-state index is 5.17. The van der Waals surface area contributed by atoms with Crippen molar-refractivity contribution in [2.75, 3.05) is 7.11 Å². The van der Waals surface area contributed by atoms with Crippen LogP contribution in [0.25, 0.3) is 0 Å². The van der Waals surface area contributed by atoms with Crippen LogP contribution >= 0.6 is 15.9 Å². The van der Waals surface area contributed by atoms with Gasteiger partial charge in [-0.25, -0.2) is 0 Å². The summed E-state index contributed by atoms with van der Waals surface area (Å²) in [6, 6.07) is 0. The van der Waals surface area contributed by atoms with Crippen molar-refractivity contribution < 1.29 is 4.74 Å². The maximum atomic E-state index is 5.17. The topological polar surface area (TPSA) is 22.1 Å². The van der Waals surface area contributed by atoms with Crippen LogP contribution < -0.4 is 4.74 Å². The van der Waals surface area contributed by atoms with Crippen molar-refractivity contribution in [3.8, 4) is 5.75 Å². The van der Waals surface area contributed by atoms with Crippen LogP contribution in [0, 0.1) is 13.8 Å². The van der Waals surface area contributed by atoms with Gasteiger partial charge in [-0.1, -0.05) is 0 Å². The van der Waals surface area contributed by atoms with Crippen LogP contribution in [-0.4, -0.2) is 12.1 Å². The molecule has 0 aliphatic carbocycles. The molecule has 3 heteroatoms. The Morgan fingerprint density at radius 2 is 2.09 bits per heavy atom. The molecule has 0 amide bonds. The fourth-order valence-corrected chi connectivity index (χ4v) is 1.46. The van der Waals surface area contributed by atoms with Gasteiger partial charge >= 0.3 is 0 Å². The fourth-order valence-electron chi connectivity index (χ4n) is 0.903. The molecule has 0 fully saturated rings. The number of aromatic nitrogens is 1. The largest absolute Gasteiger partial charge is 0.495 e. The number of halogens is 1. The van der Waals surface area contributed by atoms with Crippen molar-refractivity contribution in [1.29, 1.82) is 0 Å². The molecule has 0 spiro atoms. The van der Waals surface area contributed by atoms with Gasteiger partial charge in [0, 0.05) is 17.5 Å². The van der Waals surface area contributed by atoms with E-state index in [-0.39, 0.29) is 0 Å². The molecule has 0 aliphatic rings. The first kappa shape index (κ1) is 8.53. The minimum absolute atomic E-state index is 0.873. The fraction of sp³-hybridized carbons (Fsp3) is 0.375. The van der Waals surface area contributed by atoms with Crippen LogP contribution in [0.2, 0.25) is 0 Å². The van der Waals surface area contributed by atoms with Gasteiger partial charge in [-0.05, 0) is 29.8 Å². The van der Waals surface area contributed by atoms with Crippen molar-refractivity contribution in [2.24, 2.45) is 0 Å². The number of hydrogen-bond acceptors (Lipinski definition) is 2. The van der Waals surface area contributed by atoms with Crippen molar-refractivity contribution in [1.82, 2.24) is 4.98 Å². The highest BCUT2D eigenvalue weighted by molar-refractivity contribution is 9.10. The first-order chi connectivity index (χ1) is 5.16. The van der Waals surface area contributed by atoms with E-state index in [0.29, 0.717) is 0 Å². The molecule has 0 atom stereocenters. The average molecular weight is 216 g/mol. The maximum Gasteiger partial charge on any atom is 0.139 e. The van der Waals surface area contributed by atoms with Crippen LogP contribution in [0.4, 0.5) is 0 Å². The van der Waals surface area contributed by atoms with Crippen molar-refractivity contribution in [2.45, 2.75) is 13.8 Å². The second-order valence-electron chi connectivity index (χ2n) is 2.35. The summed E-state index contributed by atoms with van der Waals surface area (Å²) >= 11 is 3.35. The number of nitrogens with zero attached hydrogens (tertiary/aromatic N) is 1. The third-order valence-electron chi connectivity index (χ3n) is 1.68. The molecule has 0 unspecified atom stereocenters. The van der Waals surface area contributed by atoms with E-state index >= 15 is 0 Å². The lowest BCUT2D eigenvalue weighted by molar-refractivity contribution is 0.407. The second-order valence-corrected chi connectivity index (χ2v) is 3.20. The minimum atomic E-state index is 0.873. The van der Waals surface area contributed by atoms with Gasteiger partial charge in [-0.3, -0.25) is 4.98 Å². The van der Waals surface area contributed by atoms with Crippen molar-refractivity contribution in [3.05, 3.63) is 21.9 Å². The summed E-state index contributed by atoms with van der Waals surface area (Å²) in [7, 11) is 1.66. The molecule has 0 radical (unpaired) electrons. The third kappa shape index (κ3) is 1.53. The van der Waals surface area contributed by atoms with Crippen LogP contribution in [0.5, 0.6) is 5.75 Å². The zero-order chi connectivity index (χ0) is 8.43. The predicted molar refractivity (Wildman–Crippen MR) is 48.0 cm³/mol. The SMILES string of the molecule is COc1c(Br)cnc(C)c1C. The number of methoxy groups -OCH3 is 1. The summed E-state index contributed by atoms with van der Waals surface area (Å²) in [5.74, 6) is 0.873. The Kier molecular flexibility index (Phi) is 2.49. The summed E-state index contributed by atoms with van der Waals surface area (Å²) in [4.78, 5) is 4.16. The molecule has 0 saturated heterocycles. The van der Waals surface area contributed by atoms with E-state index in [4.69, 9.17) is 4.74 Å². The van der Waals surface area contributed by atoms with Crippen LogP contribution in [0.15, 0.2) is 10.7 Å². The van der Waals surface area contributed by atoms with Gasteiger partial charge in [-0.2, -0.15) is 0 Å². The highest BCUT2D eigenvalue weighted by Crippen LogP contribution is 2.28. The molecule has 1 heterocycles. The molecule has 0 saturated carbocycles. The van der Waals surface area contributed by atoms with Gasteiger partial charge in [0.25, 0.3) is 0 Å². The smallest absolute Gasteiger partial charge is 0.139 e. The van der Waals surface area contributed by atoms with Gasteiger partial charge in [0.05, 0.1) is 11.6 Å². The van der Waals surface area contributed by atoms with E-state index < -0.39 is 0 Å². The lowest BCUT2D eigenvalue weighted by Crippen LogP contribution is -1.93. The Morgan fingerprint density at radius 3 is 2.55 bits per heavy atom. The highest BCUT2D eigenvalue weighted by atomic mass is 79.9. The summed E-state index contributed by atoms with van der Waals surface area (Å²) in [6.07, 6.45) is 1.75. The molecular formula is C8H10BrNO. The van der Waals surface area contributed by atoms with E-state index in [1.165, 1.54) is 0 Å². The number of rotatable bonds is 1. The normalized spacial score (nSPS) is 9.82. The Labute approximate surface area is 74.7 Å². The van der Waals surface area contributed by atoms with Crippen LogP contribution in [0.1, 0.15) is 11.3 Å². The van der Waals surface area contributed by atoms with Gasteiger partial charge < -0.3 is 4.74 Å². The average Bonchev–Trinajstić information content (AvgIpc) is 1.99. The molecular weight excluding hydrogens is 206 g/mol. The monoisotopic (exact) mass is 215 g/mol. The molecule has 1 rings (SSSR count). The molecule has 2 nitrogen and oxygen atoms in total. The number of ether oxygens (including phenoxy) is 1. The molecule has 1 aromatic rings. The Bertz CT molecular complexity index is 273. The standard InChI is InChI=1S/C8H10BrNO/c1-5-6(2)10-4-7(9)8(5)11-3/h4H,1-3H3. The van der Waals surface area contributed by atoms with Crippen molar-refractivity contribution >= 4 is 15.9 Å². The van der Waals surface area contributed by atoms with E-state index in [1.807, 2.05) is 13.8 Å². The predicted octanol–water partition coefficient (Wildman–Crippen LogP) is 2.47. The number of aryl methyl sites for hydroxylation is 1. The summed E-state index contributed by atoms with van der Waals surface area (Å²) in [5, 5.41) is 0. The van der Waals surface area contributed by atoms with E-state index in [9.17, 15) is 0 Å². The first-order valence-corrected chi connectivity index (χ1v) is 4.11. The third-order valence-corrected chi connectivity index (χ3v) is 2.24. The van der Waals surface area contributed by atoms with Gasteiger partial charge in [0.2, 0.25) is 0 Å². The lowest BCUT2D eigenvalue weighted by atomic mass is 10.2. The van der Waals surface area contributed by atoms with Gasteiger partial charge in [0.15, 0.2) is 0 Å². The van der Waals surface area contributed by atoms with Crippen LogP contribution in [0.3, 0.4) is 0 Å². The molecule has 0 aromatic carbocycles. The Balaban J connectivity index is 3.29. The number of pyridine rings is 1. The molecule has 0 N–H and O–H groups in total. The zero-order valence-electron chi connectivity index (χ0n) is 6.81. The molecule has 1 aromatic heterocycles. The molecule has 0 bridgehead atoms. The zero-order valence-corrected chi connectivity index (χ0v) is 8.40. The summed E-state index contributed by atoms with van der Waals surface area (Å²) < 4.78 is 6.08. The van der Waals surface area contributed by atoms with Crippen LogP contribution in [-0.2, 0) is 0 Å². The summed E-state index contributed by atoms with van der Waals surface area (Å²) in [5.41, 5.74) is 2.09. The molecule has 0 aliphatic heterocycles. The Morgan fingerprint density at radius 1 is 1.45 bits per heavy atom. The Hall–Kier alpha value is -0.570. The number of hydrogen-bond donors (Lipinski definition) is 0. The first-order valence-electron chi connectivity index (χ1n) is 3.32. The lowest BCUT2D eigenvalue weighted by Gasteiger charge is -2.07. The summed E-state index contributed by atoms with van der Waals surface area (Å²) in [6.45, 7) is 3.95. The molecule has 60 valence electrons. The van der Waals surface area contributed by atoms with Gasteiger partial charge in [-0.15, -0.1) is 0 Å². The van der Waals surface area contributed by atoms with E-state index in [0.717, 1.165) is 21.5 Å². The highest BCUT2D eigenvalue weighted by Gasteiger charge is 2.05.